The first-order chi connectivity index (χ1) is 11.9. The zero-order valence-electron chi connectivity index (χ0n) is 12.9. The number of carboxylic acid groups (broad SMARTS) is 2. The first-order valence-corrected chi connectivity index (χ1v) is 6.87. The fourth-order valence-electron chi connectivity index (χ4n) is 1.58. The SMILES string of the molecule is O=C(O)OCc1ccc([N+](=O)[O-])cc1.O=C(O)OCc1ccccc1. The fourth-order valence-corrected chi connectivity index (χ4v) is 1.58. The molecule has 0 aromatic heterocycles. The average Bonchev–Trinajstić information content (AvgIpc) is 2.60. The number of nitrogens with zero attached hydrogens (tertiary/aromatic N) is 1. The topological polar surface area (TPSA) is 136 Å². The van der Waals surface area contributed by atoms with Crippen LogP contribution < -0.4 is 0 Å². The standard InChI is InChI=1S/C8H7NO5.C8H8O3/c10-8(11)14-5-6-1-3-7(4-2-6)9(12)13;9-8(10)11-6-7-4-2-1-3-5-7/h1-4H,5H2,(H,10,11);1-5H,6H2,(H,9,10). The van der Waals surface area contributed by atoms with Crippen molar-refractivity contribution >= 4 is 18.0 Å². The fraction of sp³-hybridized carbons (Fsp3) is 0.125. The van der Waals surface area contributed by atoms with Crippen molar-refractivity contribution in [1.29, 1.82) is 0 Å². The molecule has 0 amide bonds. The van der Waals surface area contributed by atoms with Crippen LogP contribution in [0.25, 0.3) is 0 Å². The van der Waals surface area contributed by atoms with Crippen molar-refractivity contribution in [3.63, 3.8) is 0 Å². The highest BCUT2D eigenvalue weighted by molar-refractivity contribution is 5.57. The Morgan fingerprint density at radius 3 is 1.68 bits per heavy atom. The molecule has 2 N–H and O–H groups in total. The van der Waals surface area contributed by atoms with Crippen molar-refractivity contribution in [2.75, 3.05) is 0 Å². The van der Waals surface area contributed by atoms with Gasteiger partial charge in [0, 0.05) is 12.1 Å². The molecule has 0 aliphatic rings. The van der Waals surface area contributed by atoms with Gasteiger partial charge in [0.1, 0.15) is 13.2 Å². The van der Waals surface area contributed by atoms with Crippen LogP contribution in [0, 0.1) is 10.1 Å². The number of rotatable bonds is 5. The van der Waals surface area contributed by atoms with Crippen LogP contribution in [-0.4, -0.2) is 27.4 Å². The van der Waals surface area contributed by atoms with Gasteiger partial charge in [-0.15, -0.1) is 0 Å². The van der Waals surface area contributed by atoms with Crippen LogP contribution in [0.1, 0.15) is 11.1 Å². The summed E-state index contributed by atoms with van der Waals surface area (Å²) in [5.41, 5.74) is 1.39. The summed E-state index contributed by atoms with van der Waals surface area (Å²) in [5, 5.41) is 26.6. The summed E-state index contributed by atoms with van der Waals surface area (Å²) in [6, 6.07) is 14.6. The number of hydrogen-bond acceptors (Lipinski definition) is 6. The van der Waals surface area contributed by atoms with Crippen LogP contribution in [0.5, 0.6) is 0 Å². The number of ether oxygens (including phenoxy) is 2. The molecule has 0 saturated heterocycles. The molecule has 0 atom stereocenters. The number of benzene rings is 2. The molecule has 0 spiro atoms. The van der Waals surface area contributed by atoms with Crippen LogP contribution in [0.2, 0.25) is 0 Å². The van der Waals surface area contributed by atoms with E-state index in [0.29, 0.717) is 5.56 Å². The number of nitro benzene ring substituents is 1. The van der Waals surface area contributed by atoms with E-state index in [9.17, 15) is 19.7 Å². The Morgan fingerprint density at radius 1 is 0.840 bits per heavy atom. The molecular weight excluding hydrogens is 334 g/mol. The quantitative estimate of drug-likeness (QED) is 0.474. The molecule has 0 aliphatic carbocycles. The second-order valence-corrected chi connectivity index (χ2v) is 4.52. The molecule has 9 heteroatoms. The second kappa shape index (κ2) is 10.2. The van der Waals surface area contributed by atoms with E-state index in [4.69, 9.17) is 10.2 Å². The maximum Gasteiger partial charge on any atom is 0.506 e. The lowest BCUT2D eigenvalue weighted by atomic mass is 10.2. The summed E-state index contributed by atoms with van der Waals surface area (Å²) in [6.45, 7) is 0.0174. The maximum atomic E-state index is 10.3. The van der Waals surface area contributed by atoms with Crippen LogP contribution in [0.15, 0.2) is 54.6 Å². The highest BCUT2D eigenvalue weighted by Crippen LogP contribution is 2.12. The van der Waals surface area contributed by atoms with Gasteiger partial charge in [0.15, 0.2) is 0 Å². The van der Waals surface area contributed by atoms with Gasteiger partial charge in [0.25, 0.3) is 5.69 Å². The van der Waals surface area contributed by atoms with Gasteiger partial charge in [0.2, 0.25) is 0 Å². The van der Waals surface area contributed by atoms with Crippen molar-refractivity contribution in [2.24, 2.45) is 0 Å². The van der Waals surface area contributed by atoms with Gasteiger partial charge in [-0.2, -0.15) is 0 Å². The number of nitro groups is 1. The highest BCUT2D eigenvalue weighted by Gasteiger charge is 2.04. The summed E-state index contributed by atoms with van der Waals surface area (Å²) >= 11 is 0. The van der Waals surface area contributed by atoms with Gasteiger partial charge < -0.3 is 19.7 Å². The lowest BCUT2D eigenvalue weighted by Crippen LogP contribution is -2.00. The normalized spacial score (nSPS) is 9.28. The Kier molecular flexibility index (Phi) is 7.93. The minimum Gasteiger partial charge on any atom is -0.450 e. The third kappa shape index (κ3) is 8.55. The molecule has 2 rings (SSSR count). The summed E-state index contributed by atoms with van der Waals surface area (Å²) < 4.78 is 8.62. The van der Waals surface area contributed by atoms with Crippen LogP contribution in [-0.2, 0) is 22.7 Å². The van der Waals surface area contributed by atoms with Crippen LogP contribution in [0.4, 0.5) is 15.3 Å². The van der Waals surface area contributed by atoms with Crippen molar-refractivity contribution < 1.29 is 34.2 Å². The Labute approximate surface area is 142 Å². The molecule has 9 nitrogen and oxygen atoms in total. The van der Waals surface area contributed by atoms with Gasteiger partial charge in [0.05, 0.1) is 4.92 Å². The third-order valence-electron chi connectivity index (χ3n) is 2.71. The molecule has 0 unspecified atom stereocenters. The molecule has 0 heterocycles. The van der Waals surface area contributed by atoms with Gasteiger partial charge in [-0.05, 0) is 23.3 Å². The smallest absolute Gasteiger partial charge is 0.450 e. The Hall–Kier alpha value is -3.62. The van der Waals surface area contributed by atoms with E-state index >= 15 is 0 Å². The summed E-state index contributed by atoms with van der Waals surface area (Å²) in [7, 11) is 0. The maximum absolute atomic E-state index is 10.3. The molecular formula is C16H15NO8. The van der Waals surface area contributed by atoms with Crippen LogP contribution >= 0.6 is 0 Å². The Morgan fingerprint density at radius 2 is 1.28 bits per heavy atom. The van der Waals surface area contributed by atoms with Gasteiger partial charge in [-0.1, -0.05) is 30.3 Å². The minimum atomic E-state index is -1.37. The highest BCUT2D eigenvalue weighted by atomic mass is 16.7. The lowest BCUT2D eigenvalue weighted by Gasteiger charge is -1.99. The van der Waals surface area contributed by atoms with E-state index in [0.717, 1.165) is 5.56 Å². The average molecular weight is 349 g/mol. The van der Waals surface area contributed by atoms with E-state index in [2.05, 4.69) is 9.47 Å². The Bertz CT molecular complexity index is 700. The van der Waals surface area contributed by atoms with E-state index in [1.807, 2.05) is 30.3 Å². The number of carbonyl (C=O) groups is 2. The second-order valence-electron chi connectivity index (χ2n) is 4.52. The van der Waals surface area contributed by atoms with Crippen LogP contribution in [0.3, 0.4) is 0 Å². The van der Waals surface area contributed by atoms with Gasteiger partial charge in [-0.25, -0.2) is 9.59 Å². The number of non-ortho nitro benzene ring substituents is 1. The zero-order valence-corrected chi connectivity index (χ0v) is 12.9. The van der Waals surface area contributed by atoms with E-state index in [1.54, 1.807) is 0 Å². The summed E-state index contributed by atoms with van der Waals surface area (Å²) in [4.78, 5) is 29.7. The third-order valence-corrected chi connectivity index (χ3v) is 2.71. The largest absolute Gasteiger partial charge is 0.506 e. The predicted molar refractivity (Wildman–Crippen MR) is 85.2 cm³/mol. The molecule has 0 bridgehead atoms. The van der Waals surface area contributed by atoms with Gasteiger partial charge >= 0.3 is 12.3 Å². The summed E-state index contributed by atoms with van der Waals surface area (Å²) in [6.07, 6.45) is -2.61. The van der Waals surface area contributed by atoms with E-state index in [1.165, 1.54) is 24.3 Å². The monoisotopic (exact) mass is 349 g/mol. The van der Waals surface area contributed by atoms with E-state index in [-0.39, 0.29) is 18.9 Å². The molecule has 0 radical (unpaired) electrons. The Balaban J connectivity index is 0.000000257. The summed E-state index contributed by atoms with van der Waals surface area (Å²) in [5.74, 6) is 0. The molecule has 0 saturated carbocycles. The van der Waals surface area contributed by atoms with Crippen molar-refractivity contribution in [1.82, 2.24) is 0 Å². The first kappa shape index (κ1) is 19.4. The molecule has 25 heavy (non-hydrogen) atoms. The van der Waals surface area contributed by atoms with E-state index < -0.39 is 17.2 Å². The van der Waals surface area contributed by atoms with Crippen molar-refractivity contribution in [3.8, 4) is 0 Å². The first-order valence-electron chi connectivity index (χ1n) is 6.87. The molecule has 2 aromatic rings. The molecule has 2 aromatic carbocycles. The predicted octanol–water partition coefficient (Wildman–Crippen LogP) is 3.67. The zero-order chi connectivity index (χ0) is 18.7. The lowest BCUT2D eigenvalue weighted by molar-refractivity contribution is -0.384. The minimum absolute atomic E-state index is 0.0379. The molecule has 0 aliphatic heterocycles. The molecule has 0 fully saturated rings. The van der Waals surface area contributed by atoms with Crippen molar-refractivity contribution in [3.05, 3.63) is 75.8 Å². The number of hydrogen-bond donors (Lipinski definition) is 2. The van der Waals surface area contributed by atoms with Crippen molar-refractivity contribution in [2.45, 2.75) is 13.2 Å². The van der Waals surface area contributed by atoms with Gasteiger partial charge in [-0.3, -0.25) is 10.1 Å². The molecule has 132 valence electrons.